The standard InChI is InChI=1S/C35H46N4O6/c1-24(2)20-28(36-32(41)27-12-7-8-14-30(27)45-23-31(40)37-35(3)15-16-35)33(42)39-17-9-13-29(39)34(43)38-18-19-44-26(22-38)21-25-10-5-4-6-11-25/h4-8,10-12,14,24,26,28-29H,9,13,15-23H2,1-3H3,(H,36,41)(H,37,40)/t26-,28+,29+/m0/s1. The fraction of sp³-hybridized carbons (Fsp3) is 0.543. The highest BCUT2D eigenvalue weighted by atomic mass is 16.5. The van der Waals surface area contributed by atoms with Crippen molar-refractivity contribution in [3.05, 3.63) is 65.7 Å². The van der Waals surface area contributed by atoms with E-state index in [1.165, 1.54) is 0 Å². The number of amides is 4. The fourth-order valence-corrected chi connectivity index (χ4v) is 6.16. The van der Waals surface area contributed by atoms with Gasteiger partial charge < -0.3 is 29.9 Å². The lowest BCUT2D eigenvalue weighted by molar-refractivity contribution is -0.149. The molecule has 0 aromatic heterocycles. The van der Waals surface area contributed by atoms with Gasteiger partial charge in [0, 0.05) is 31.6 Å². The normalized spacial score (nSPS) is 21.2. The van der Waals surface area contributed by atoms with Gasteiger partial charge in [0.1, 0.15) is 17.8 Å². The van der Waals surface area contributed by atoms with Gasteiger partial charge in [-0.15, -0.1) is 0 Å². The summed E-state index contributed by atoms with van der Waals surface area (Å²) in [6.45, 7) is 7.66. The van der Waals surface area contributed by atoms with Crippen molar-refractivity contribution in [1.82, 2.24) is 20.4 Å². The van der Waals surface area contributed by atoms with Crippen molar-refractivity contribution in [2.45, 2.75) is 83.0 Å². The summed E-state index contributed by atoms with van der Waals surface area (Å²) < 4.78 is 11.7. The second-order valence-electron chi connectivity index (χ2n) is 13.2. The van der Waals surface area contributed by atoms with E-state index < -0.39 is 18.0 Å². The molecule has 2 saturated heterocycles. The van der Waals surface area contributed by atoms with Crippen LogP contribution in [-0.2, 0) is 25.5 Å². The van der Waals surface area contributed by atoms with E-state index in [4.69, 9.17) is 9.47 Å². The van der Waals surface area contributed by atoms with Crippen LogP contribution in [-0.4, -0.2) is 90.0 Å². The van der Waals surface area contributed by atoms with Gasteiger partial charge in [-0.25, -0.2) is 0 Å². The Bertz CT molecular complexity index is 1360. The van der Waals surface area contributed by atoms with E-state index in [9.17, 15) is 19.2 Å². The molecule has 10 nitrogen and oxygen atoms in total. The van der Waals surface area contributed by atoms with Crippen LogP contribution in [0.25, 0.3) is 0 Å². The van der Waals surface area contributed by atoms with Gasteiger partial charge in [-0.05, 0) is 62.6 Å². The quantitative estimate of drug-likeness (QED) is 0.377. The number of rotatable bonds is 12. The summed E-state index contributed by atoms with van der Waals surface area (Å²) in [5, 5.41) is 5.88. The molecule has 0 radical (unpaired) electrons. The Balaban J connectivity index is 1.23. The summed E-state index contributed by atoms with van der Waals surface area (Å²) in [5.41, 5.74) is 1.24. The van der Waals surface area contributed by atoms with Crippen LogP contribution in [0.15, 0.2) is 54.6 Å². The van der Waals surface area contributed by atoms with Crippen molar-refractivity contribution in [2.24, 2.45) is 5.92 Å². The molecule has 1 aliphatic carbocycles. The number of hydrogen-bond donors (Lipinski definition) is 2. The minimum atomic E-state index is -0.812. The molecule has 1 saturated carbocycles. The van der Waals surface area contributed by atoms with Crippen LogP contribution in [0, 0.1) is 5.92 Å². The molecule has 2 aromatic carbocycles. The van der Waals surface area contributed by atoms with Gasteiger partial charge in [0.05, 0.1) is 18.3 Å². The van der Waals surface area contributed by atoms with Gasteiger partial charge in [-0.3, -0.25) is 19.2 Å². The number of para-hydroxylation sites is 1. The third-order valence-corrected chi connectivity index (χ3v) is 8.82. The second-order valence-corrected chi connectivity index (χ2v) is 13.2. The number of nitrogens with one attached hydrogen (secondary N) is 2. The highest BCUT2D eigenvalue weighted by Gasteiger charge is 2.41. The molecule has 242 valence electrons. The lowest BCUT2D eigenvalue weighted by Crippen LogP contribution is -2.56. The van der Waals surface area contributed by atoms with Crippen LogP contribution in [0.2, 0.25) is 0 Å². The molecule has 2 aromatic rings. The van der Waals surface area contributed by atoms with Crippen LogP contribution in [0.3, 0.4) is 0 Å². The van der Waals surface area contributed by atoms with Crippen LogP contribution in [0.4, 0.5) is 0 Å². The zero-order valence-electron chi connectivity index (χ0n) is 26.6. The molecule has 4 amide bonds. The van der Waals surface area contributed by atoms with Crippen molar-refractivity contribution >= 4 is 23.6 Å². The van der Waals surface area contributed by atoms with Crippen LogP contribution < -0.4 is 15.4 Å². The van der Waals surface area contributed by atoms with E-state index in [0.717, 1.165) is 31.2 Å². The predicted octanol–water partition coefficient (Wildman–Crippen LogP) is 3.34. The van der Waals surface area contributed by atoms with Crippen LogP contribution >= 0.6 is 0 Å². The van der Waals surface area contributed by atoms with Gasteiger partial charge in [-0.2, -0.15) is 0 Å². The van der Waals surface area contributed by atoms with E-state index >= 15 is 0 Å². The number of nitrogens with zero attached hydrogens (tertiary/aromatic N) is 2. The smallest absolute Gasteiger partial charge is 0.258 e. The van der Waals surface area contributed by atoms with Crippen molar-refractivity contribution < 1.29 is 28.7 Å². The zero-order chi connectivity index (χ0) is 32.0. The minimum absolute atomic E-state index is 0.0612. The molecule has 2 heterocycles. The van der Waals surface area contributed by atoms with E-state index in [2.05, 4.69) is 22.8 Å². The SMILES string of the molecule is CC(C)C[C@@H](NC(=O)c1ccccc1OCC(=O)NC1(C)CC1)C(=O)N1CCC[C@@H]1C(=O)N1CCO[C@@H](Cc2ccccc2)C1. The predicted molar refractivity (Wildman–Crippen MR) is 170 cm³/mol. The van der Waals surface area contributed by atoms with E-state index in [0.29, 0.717) is 39.1 Å². The Morgan fingerprint density at radius 2 is 1.76 bits per heavy atom. The number of carbonyl (C=O) groups excluding carboxylic acids is 4. The molecule has 3 fully saturated rings. The monoisotopic (exact) mass is 618 g/mol. The summed E-state index contributed by atoms with van der Waals surface area (Å²) >= 11 is 0. The average molecular weight is 619 g/mol. The maximum absolute atomic E-state index is 14.0. The third kappa shape index (κ3) is 8.63. The summed E-state index contributed by atoms with van der Waals surface area (Å²) in [6, 6.07) is 15.4. The minimum Gasteiger partial charge on any atom is -0.483 e. The number of hydrogen-bond acceptors (Lipinski definition) is 6. The molecule has 10 heteroatoms. The second kappa shape index (κ2) is 14.5. The van der Waals surface area contributed by atoms with Crippen molar-refractivity contribution in [3.8, 4) is 5.75 Å². The topological polar surface area (TPSA) is 117 Å². The maximum Gasteiger partial charge on any atom is 0.258 e. The molecular formula is C35H46N4O6. The molecular weight excluding hydrogens is 572 g/mol. The molecule has 3 aliphatic rings. The molecule has 5 rings (SSSR count). The van der Waals surface area contributed by atoms with Gasteiger partial charge in [0.25, 0.3) is 11.8 Å². The highest BCUT2D eigenvalue weighted by Crippen LogP contribution is 2.34. The summed E-state index contributed by atoms with van der Waals surface area (Å²) in [7, 11) is 0. The van der Waals surface area contributed by atoms with E-state index in [-0.39, 0.29) is 53.2 Å². The van der Waals surface area contributed by atoms with Gasteiger partial charge in [0.2, 0.25) is 11.8 Å². The summed E-state index contributed by atoms with van der Waals surface area (Å²) in [5.74, 6) is -0.625. The zero-order valence-corrected chi connectivity index (χ0v) is 26.6. The molecule has 0 bridgehead atoms. The van der Waals surface area contributed by atoms with Crippen molar-refractivity contribution in [2.75, 3.05) is 32.8 Å². The Morgan fingerprint density at radius 3 is 2.49 bits per heavy atom. The van der Waals surface area contributed by atoms with Crippen molar-refractivity contribution in [3.63, 3.8) is 0 Å². The number of morpholine rings is 1. The number of benzene rings is 2. The number of likely N-dealkylation sites (tertiary alicyclic amines) is 1. The first kappa shape index (κ1) is 32.5. The van der Waals surface area contributed by atoms with Crippen LogP contribution in [0.1, 0.15) is 68.8 Å². The van der Waals surface area contributed by atoms with Crippen molar-refractivity contribution in [1.29, 1.82) is 0 Å². The largest absolute Gasteiger partial charge is 0.483 e. The lowest BCUT2D eigenvalue weighted by atomic mass is 10.0. The first-order valence-corrected chi connectivity index (χ1v) is 16.2. The van der Waals surface area contributed by atoms with Crippen LogP contribution in [0.5, 0.6) is 5.75 Å². The van der Waals surface area contributed by atoms with E-state index in [1.54, 1.807) is 29.2 Å². The lowest BCUT2D eigenvalue weighted by Gasteiger charge is -2.37. The number of carbonyl (C=O) groups is 4. The molecule has 0 spiro atoms. The molecule has 3 atom stereocenters. The average Bonchev–Trinajstić information content (AvgIpc) is 3.54. The number of ether oxygens (including phenoxy) is 2. The highest BCUT2D eigenvalue weighted by molar-refractivity contribution is 6.00. The van der Waals surface area contributed by atoms with Gasteiger partial charge in [-0.1, -0.05) is 56.3 Å². The van der Waals surface area contributed by atoms with Gasteiger partial charge >= 0.3 is 0 Å². The Kier molecular flexibility index (Phi) is 10.4. The summed E-state index contributed by atoms with van der Waals surface area (Å²) in [4.78, 5) is 57.2. The van der Waals surface area contributed by atoms with Gasteiger partial charge in [0.15, 0.2) is 6.61 Å². The molecule has 2 N–H and O–H groups in total. The first-order valence-electron chi connectivity index (χ1n) is 16.2. The molecule has 2 aliphatic heterocycles. The maximum atomic E-state index is 14.0. The Labute approximate surface area is 265 Å². The Hall–Kier alpha value is -3.92. The third-order valence-electron chi connectivity index (χ3n) is 8.82. The molecule has 45 heavy (non-hydrogen) atoms. The van der Waals surface area contributed by atoms with E-state index in [1.807, 2.05) is 43.9 Å². The fourth-order valence-electron chi connectivity index (χ4n) is 6.16. The summed E-state index contributed by atoms with van der Waals surface area (Å²) in [6.07, 6.45) is 4.22. The molecule has 0 unspecified atom stereocenters. The first-order chi connectivity index (χ1) is 21.6. The Morgan fingerprint density at radius 1 is 1.02 bits per heavy atom.